The van der Waals surface area contributed by atoms with Crippen LogP contribution in [0, 0.1) is 11.7 Å². The number of nitrogens with zero attached hydrogens (tertiary/aromatic N) is 4. The molecule has 2 atom stereocenters. The number of aromatic nitrogens is 3. The Hall–Kier alpha value is -2.92. The zero-order valence-corrected chi connectivity index (χ0v) is 26.7. The van der Waals surface area contributed by atoms with Gasteiger partial charge in [-0.2, -0.15) is 4.98 Å². The van der Waals surface area contributed by atoms with Gasteiger partial charge in [0, 0.05) is 12.8 Å². The van der Waals surface area contributed by atoms with E-state index in [2.05, 4.69) is 84.2 Å². The van der Waals surface area contributed by atoms with Crippen molar-refractivity contribution in [2.75, 3.05) is 30.9 Å². The molecule has 4 aromatic rings. The molecule has 42 heavy (non-hydrogen) atoms. The quantitative estimate of drug-likeness (QED) is 0.153. The molecule has 0 amide bonds. The fourth-order valence-corrected chi connectivity index (χ4v) is 11.3. The monoisotopic (exact) mass is 624 g/mol. The van der Waals surface area contributed by atoms with E-state index in [0.717, 1.165) is 12.8 Å². The highest BCUT2D eigenvalue weighted by Gasteiger charge is 2.50. The summed E-state index contributed by atoms with van der Waals surface area (Å²) < 4.78 is 41.3. The summed E-state index contributed by atoms with van der Waals surface area (Å²) >= 11 is 6.14. The molecule has 7 nitrogen and oxygen atoms in total. The van der Waals surface area contributed by atoms with Crippen molar-refractivity contribution < 1.29 is 17.8 Å². The Morgan fingerprint density at radius 3 is 2.21 bits per heavy atom. The van der Waals surface area contributed by atoms with Gasteiger partial charge in [0.2, 0.25) is 11.0 Å². The van der Waals surface area contributed by atoms with Crippen molar-refractivity contribution in [1.29, 1.82) is 0 Å². The zero-order chi connectivity index (χ0) is 29.6. The molecule has 11 heteroatoms. The van der Waals surface area contributed by atoms with Crippen molar-refractivity contribution in [2.24, 2.45) is 5.92 Å². The van der Waals surface area contributed by atoms with E-state index in [1.54, 1.807) is 0 Å². The summed E-state index contributed by atoms with van der Waals surface area (Å²) in [7, 11) is -4.34. The van der Waals surface area contributed by atoms with E-state index in [9.17, 15) is 4.21 Å². The Morgan fingerprint density at radius 1 is 1.05 bits per heavy atom. The minimum absolute atomic E-state index is 0.0328. The second kappa shape index (κ2) is 11.3. The molecule has 0 saturated heterocycles. The predicted molar refractivity (Wildman–Crippen MR) is 168 cm³/mol. The zero-order valence-electron chi connectivity index (χ0n) is 24.1. The Morgan fingerprint density at radius 2 is 1.67 bits per heavy atom. The highest BCUT2D eigenvalue weighted by molar-refractivity contribution is 7.84. The second-order valence-corrected chi connectivity index (χ2v) is 17.9. The van der Waals surface area contributed by atoms with Crippen LogP contribution < -0.4 is 20.0 Å². The highest BCUT2D eigenvalue weighted by Crippen LogP contribution is 2.44. The van der Waals surface area contributed by atoms with E-state index in [1.807, 2.05) is 12.1 Å². The van der Waals surface area contributed by atoms with Gasteiger partial charge in [-0.3, -0.25) is 4.21 Å². The molecule has 1 aliphatic heterocycles. The number of pyridine rings is 1. The Kier molecular flexibility index (Phi) is 7.84. The van der Waals surface area contributed by atoms with Gasteiger partial charge in [0.05, 0.1) is 23.4 Å². The molecule has 220 valence electrons. The number of hydrogen-bond donors (Lipinski definition) is 0. The van der Waals surface area contributed by atoms with Gasteiger partial charge in [-0.25, -0.2) is 14.4 Å². The molecule has 2 aromatic heterocycles. The standard InChI is InChI=1S/C31H34ClFN4O3SSi/c1-31(2,3)42(21-11-7-5-8-12-21,22-13-9-6-10-14-22)40-18-17-37-23(20-15-16-20)19-39-29-24-26(25(33)27(32)35-29)34-30(41(4)38)36-28(24)37/h5-14,20,23H,15-19H2,1-4H3/t23-,41?/m1/s1. The van der Waals surface area contributed by atoms with E-state index >= 15 is 4.39 Å². The van der Waals surface area contributed by atoms with E-state index in [0.29, 0.717) is 36.9 Å². The SMILES string of the molecule is CS(=O)c1nc2c3c(nc(Cl)c(F)c3n1)OC[C@H](C1CC1)N2CCO[Si](c1ccccc1)(c1ccccc1)C(C)(C)C. The first-order valence-electron chi connectivity index (χ1n) is 14.2. The molecule has 2 aliphatic rings. The summed E-state index contributed by atoms with van der Waals surface area (Å²) in [6.45, 7) is 7.95. The summed E-state index contributed by atoms with van der Waals surface area (Å²) in [5.41, 5.74) is -0.0328. The minimum atomic E-state index is -2.79. The van der Waals surface area contributed by atoms with Crippen molar-refractivity contribution in [3.05, 3.63) is 71.6 Å². The van der Waals surface area contributed by atoms with Crippen molar-refractivity contribution in [1.82, 2.24) is 15.0 Å². The third kappa shape index (κ3) is 5.12. The number of halogens is 2. The van der Waals surface area contributed by atoms with Gasteiger partial charge >= 0.3 is 0 Å². The topological polar surface area (TPSA) is 77.4 Å². The smallest absolute Gasteiger partial charge is 0.261 e. The number of rotatable bonds is 8. The number of anilines is 1. The third-order valence-electron chi connectivity index (χ3n) is 8.23. The van der Waals surface area contributed by atoms with Gasteiger partial charge < -0.3 is 14.1 Å². The molecule has 1 aliphatic carbocycles. The Balaban J connectivity index is 1.45. The Labute approximate surface area is 254 Å². The van der Waals surface area contributed by atoms with Crippen LogP contribution in [0.5, 0.6) is 5.88 Å². The number of benzene rings is 2. The molecule has 1 fully saturated rings. The summed E-state index contributed by atoms with van der Waals surface area (Å²) in [6.07, 6.45) is 3.59. The fourth-order valence-electron chi connectivity index (χ4n) is 6.13. The molecule has 0 spiro atoms. The lowest BCUT2D eigenvalue weighted by Crippen LogP contribution is -2.67. The lowest BCUT2D eigenvalue weighted by atomic mass is 10.1. The molecule has 1 saturated carbocycles. The normalized spacial score (nSPS) is 18.0. The van der Waals surface area contributed by atoms with Gasteiger partial charge in [-0.1, -0.05) is 93.0 Å². The molecule has 6 rings (SSSR count). The van der Waals surface area contributed by atoms with Crippen LogP contribution >= 0.6 is 11.6 Å². The molecule has 0 radical (unpaired) electrons. The van der Waals surface area contributed by atoms with Crippen LogP contribution in [0.4, 0.5) is 10.2 Å². The van der Waals surface area contributed by atoms with Crippen molar-refractivity contribution in [3.8, 4) is 5.88 Å². The molecule has 3 heterocycles. The van der Waals surface area contributed by atoms with Crippen molar-refractivity contribution in [3.63, 3.8) is 0 Å². The van der Waals surface area contributed by atoms with Crippen LogP contribution in [0.3, 0.4) is 0 Å². The van der Waals surface area contributed by atoms with Gasteiger partial charge in [0.15, 0.2) is 11.0 Å². The molecule has 2 aromatic carbocycles. The number of ether oxygens (including phenoxy) is 1. The lowest BCUT2D eigenvalue weighted by Gasteiger charge is -2.43. The van der Waals surface area contributed by atoms with Crippen molar-refractivity contribution in [2.45, 2.75) is 49.8 Å². The highest BCUT2D eigenvalue weighted by atomic mass is 35.5. The average Bonchev–Trinajstić information content (AvgIpc) is 3.82. The van der Waals surface area contributed by atoms with Crippen LogP contribution in [0.2, 0.25) is 10.2 Å². The maximum atomic E-state index is 15.3. The minimum Gasteiger partial charge on any atom is -0.475 e. The van der Waals surface area contributed by atoms with E-state index < -0.39 is 24.9 Å². The molecular weight excluding hydrogens is 591 g/mol. The first-order valence-corrected chi connectivity index (χ1v) is 18.0. The first kappa shape index (κ1) is 29.2. The number of hydrogen-bond acceptors (Lipinski definition) is 7. The van der Waals surface area contributed by atoms with Crippen LogP contribution in [0.15, 0.2) is 65.8 Å². The summed E-state index contributed by atoms with van der Waals surface area (Å²) in [5, 5.41) is 2.26. The summed E-state index contributed by atoms with van der Waals surface area (Å²) in [6, 6.07) is 21.0. The third-order valence-corrected chi connectivity index (χ3v) is 14.2. The van der Waals surface area contributed by atoms with Gasteiger partial charge in [0.1, 0.15) is 23.3 Å². The Bertz CT molecular complexity index is 1600. The molecular formula is C31H34ClFN4O3SSi. The van der Waals surface area contributed by atoms with Crippen LogP contribution in [0.1, 0.15) is 33.6 Å². The summed E-state index contributed by atoms with van der Waals surface area (Å²) in [4.78, 5) is 15.4. The van der Waals surface area contributed by atoms with E-state index in [-0.39, 0.29) is 32.8 Å². The molecule has 0 bridgehead atoms. The largest absolute Gasteiger partial charge is 0.475 e. The molecule has 0 N–H and O–H groups in total. The maximum Gasteiger partial charge on any atom is 0.261 e. The first-order chi connectivity index (χ1) is 20.1. The van der Waals surface area contributed by atoms with Crippen molar-refractivity contribution >= 4 is 57.8 Å². The molecule has 1 unspecified atom stereocenters. The average molecular weight is 625 g/mol. The van der Waals surface area contributed by atoms with E-state index in [1.165, 1.54) is 16.6 Å². The van der Waals surface area contributed by atoms with Gasteiger partial charge in [0.25, 0.3) is 8.32 Å². The second-order valence-electron chi connectivity index (χ2n) is 12.0. The fraction of sp³-hybridized carbons (Fsp3) is 0.387. The van der Waals surface area contributed by atoms with Gasteiger partial charge in [-0.05, 0) is 34.2 Å². The van der Waals surface area contributed by atoms with Crippen LogP contribution in [-0.2, 0) is 15.2 Å². The summed E-state index contributed by atoms with van der Waals surface area (Å²) in [5.74, 6) is 0.264. The van der Waals surface area contributed by atoms with Gasteiger partial charge in [-0.15, -0.1) is 0 Å². The van der Waals surface area contributed by atoms with Crippen LogP contribution in [-0.4, -0.2) is 59.5 Å². The van der Waals surface area contributed by atoms with E-state index in [4.69, 9.17) is 25.7 Å². The predicted octanol–water partition coefficient (Wildman–Crippen LogP) is 5.11. The van der Waals surface area contributed by atoms with Crippen LogP contribution in [0.25, 0.3) is 10.9 Å². The lowest BCUT2D eigenvalue weighted by molar-refractivity contribution is 0.252. The maximum absolute atomic E-state index is 15.3.